The Labute approximate surface area is 168 Å². The highest BCUT2D eigenvalue weighted by Gasteiger charge is 2.32. The van der Waals surface area contributed by atoms with E-state index in [1.165, 1.54) is 28.7 Å². The predicted octanol–water partition coefficient (Wildman–Crippen LogP) is 2.92. The van der Waals surface area contributed by atoms with Gasteiger partial charge in [0.2, 0.25) is 0 Å². The molecule has 3 N–H and O–H groups in total. The summed E-state index contributed by atoms with van der Waals surface area (Å²) < 4.78 is 0. The van der Waals surface area contributed by atoms with Crippen molar-refractivity contribution in [1.29, 1.82) is 0 Å². The number of piperidine rings is 1. The maximum atomic E-state index is 9.62. The van der Waals surface area contributed by atoms with Gasteiger partial charge in [0.15, 0.2) is 5.82 Å². The molecule has 0 amide bonds. The number of pyridine rings is 1. The van der Waals surface area contributed by atoms with Crippen LogP contribution in [-0.4, -0.2) is 45.3 Å². The molecule has 2 aliphatic rings. The fourth-order valence-electron chi connectivity index (χ4n) is 4.31. The van der Waals surface area contributed by atoms with Crippen LogP contribution in [0.25, 0.3) is 21.6 Å². The summed E-state index contributed by atoms with van der Waals surface area (Å²) in [5.41, 5.74) is 8.23. The summed E-state index contributed by atoms with van der Waals surface area (Å²) in [7, 11) is 0. The Morgan fingerprint density at radius 2 is 2.00 bits per heavy atom. The van der Waals surface area contributed by atoms with E-state index >= 15 is 0 Å². The standard InChI is InChI=1S/C21H25N5OS/c22-21(13-27)7-10-26(11-8-21)19-17-15-5-1-2-6-16(15)28-20(17)25-18(24-19)14-4-3-9-23-12-14/h3-4,9,12,27H,1-2,5-8,10-11,13,22H2. The molecule has 6 nitrogen and oxygen atoms in total. The number of aromatic nitrogens is 3. The lowest BCUT2D eigenvalue weighted by Crippen LogP contribution is -2.53. The molecular formula is C21H25N5OS. The molecule has 1 aliphatic heterocycles. The zero-order valence-electron chi connectivity index (χ0n) is 15.9. The Kier molecular flexibility index (Phi) is 4.53. The first-order chi connectivity index (χ1) is 13.7. The number of aryl methyl sites for hydroxylation is 2. The third-order valence-corrected chi connectivity index (χ3v) is 7.27. The topological polar surface area (TPSA) is 88.2 Å². The second-order valence-electron chi connectivity index (χ2n) is 8.01. The van der Waals surface area contributed by atoms with Crippen molar-refractivity contribution in [2.75, 3.05) is 24.6 Å². The first kappa shape index (κ1) is 18.0. The number of fused-ring (bicyclic) bond motifs is 3. The van der Waals surface area contributed by atoms with Crippen LogP contribution in [0.3, 0.4) is 0 Å². The number of aliphatic hydroxyl groups excluding tert-OH is 1. The van der Waals surface area contributed by atoms with Crippen LogP contribution in [0.15, 0.2) is 24.5 Å². The van der Waals surface area contributed by atoms with Crippen LogP contribution in [0.5, 0.6) is 0 Å². The fraction of sp³-hybridized carbons (Fsp3) is 0.476. The third kappa shape index (κ3) is 3.07. The molecule has 5 rings (SSSR count). The summed E-state index contributed by atoms with van der Waals surface area (Å²) in [5.74, 6) is 1.77. The predicted molar refractivity (Wildman–Crippen MR) is 113 cm³/mol. The average molecular weight is 396 g/mol. The van der Waals surface area contributed by atoms with Crippen molar-refractivity contribution >= 4 is 27.4 Å². The highest BCUT2D eigenvalue weighted by Crippen LogP contribution is 2.41. The second-order valence-corrected chi connectivity index (χ2v) is 9.09. The number of aliphatic hydroxyl groups is 1. The lowest BCUT2D eigenvalue weighted by molar-refractivity contribution is 0.170. The first-order valence-corrected chi connectivity index (χ1v) is 10.9. The zero-order valence-corrected chi connectivity index (χ0v) is 16.7. The largest absolute Gasteiger partial charge is 0.394 e. The lowest BCUT2D eigenvalue weighted by atomic mass is 9.89. The van der Waals surface area contributed by atoms with Gasteiger partial charge in [-0.3, -0.25) is 4.98 Å². The molecule has 1 fully saturated rings. The molecule has 1 aliphatic carbocycles. The Morgan fingerprint density at radius 3 is 2.75 bits per heavy atom. The van der Waals surface area contributed by atoms with Crippen LogP contribution in [0, 0.1) is 0 Å². The van der Waals surface area contributed by atoms with Gasteiger partial charge in [0.1, 0.15) is 10.6 Å². The van der Waals surface area contributed by atoms with Gasteiger partial charge in [0.05, 0.1) is 12.0 Å². The molecule has 0 aromatic carbocycles. The number of nitrogens with zero attached hydrogens (tertiary/aromatic N) is 4. The molecule has 146 valence electrons. The maximum Gasteiger partial charge on any atom is 0.164 e. The van der Waals surface area contributed by atoms with Gasteiger partial charge in [-0.2, -0.15) is 0 Å². The number of hydrogen-bond donors (Lipinski definition) is 2. The van der Waals surface area contributed by atoms with Gasteiger partial charge >= 0.3 is 0 Å². The summed E-state index contributed by atoms with van der Waals surface area (Å²) in [5, 5.41) is 10.9. The Balaban J connectivity index is 1.64. The minimum absolute atomic E-state index is 0.0365. The van der Waals surface area contributed by atoms with Crippen LogP contribution in [0.4, 0.5) is 5.82 Å². The van der Waals surface area contributed by atoms with Gasteiger partial charge in [-0.25, -0.2) is 9.97 Å². The van der Waals surface area contributed by atoms with E-state index in [-0.39, 0.29) is 6.61 Å². The number of rotatable bonds is 3. The van der Waals surface area contributed by atoms with E-state index in [9.17, 15) is 5.11 Å². The van der Waals surface area contributed by atoms with Crippen molar-refractivity contribution in [2.45, 2.75) is 44.1 Å². The van der Waals surface area contributed by atoms with Gasteiger partial charge in [0.25, 0.3) is 0 Å². The molecule has 3 aromatic heterocycles. The number of anilines is 1. The SMILES string of the molecule is NC1(CO)CCN(c2nc(-c3cccnc3)nc3sc4c(c23)CCCC4)CC1. The minimum Gasteiger partial charge on any atom is -0.394 e. The smallest absolute Gasteiger partial charge is 0.164 e. The molecule has 4 heterocycles. The quantitative estimate of drug-likeness (QED) is 0.709. The fourth-order valence-corrected chi connectivity index (χ4v) is 5.57. The van der Waals surface area contributed by atoms with Crippen molar-refractivity contribution in [3.63, 3.8) is 0 Å². The summed E-state index contributed by atoms with van der Waals surface area (Å²) in [6.07, 6.45) is 9.89. The van der Waals surface area contributed by atoms with Crippen molar-refractivity contribution in [3.05, 3.63) is 35.0 Å². The molecule has 0 radical (unpaired) electrons. The second kappa shape index (κ2) is 7.06. The molecule has 0 unspecified atom stereocenters. The molecule has 0 spiro atoms. The van der Waals surface area contributed by atoms with E-state index in [0.29, 0.717) is 0 Å². The number of hydrogen-bond acceptors (Lipinski definition) is 7. The Hall–Kier alpha value is -2.09. The molecule has 28 heavy (non-hydrogen) atoms. The van der Waals surface area contributed by atoms with Crippen molar-refractivity contribution in [2.24, 2.45) is 5.73 Å². The van der Waals surface area contributed by atoms with E-state index in [4.69, 9.17) is 15.7 Å². The first-order valence-electron chi connectivity index (χ1n) is 10.0. The van der Waals surface area contributed by atoms with E-state index in [1.807, 2.05) is 29.7 Å². The monoisotopic (exact) mass is 395 g/mol. The van der Waals surface area contributed by atoms with Gasteiger partial charge in [-0.15, -0.1) is 11.3 Å². The van der Waals surface area contributed by atoms with Crippen LogP contribution in [0.1, 0.15) is 36.1 Å². The van der Waals surface area contributed by atoms with Crippen LogP contribution in [-0.2, 0) is 12.8 Å². The van der Waals surface area contributed by atoms with E-state index in [1.54, 1.807) is 6.20 Å². The van der Waals surface area contributed by atoms with Crippen molar-refractivity contribution < 1.29 is 5.11 Å². The Bertz CT molecular complexity index is 995. The van der Waals surface area contributed by atoms with Crippen LogP contribution < -0.4 is 10.6 Å². The molecular weight excluding hydrogens is 370 g/mol. The molecule has 0 saturated carbocycles. The molecule has 1 saturated heterocycles. The highest BCUT2D eigenvalue weighted by atomic mass is 32.1. The van der Waals surface area contributed by atoms with Crippen molar-refractivity contribution in [3.8, 4) is 11.4 Å². The minimum atomic E-state index is -0.469. The third-order valence-electron chi connectivity index (χ3n) is 6.09. The molecule has 7 heteroatoms. The van der Waals surface area contributed by atoms with Gasteiger partial charge in [-0.05, 0) is 56.2 Å². The Morgan fingerprint density at radius 1 is 1.18 bits per heavy atom. The summed E-state index contributed by atoms with van der Waals surface area (Å²) >= 11 is 1.83. The van der Waals surface area contributed by atoms with Crippen LogP contribution >= 0.6 is 11.3 Å². The summed E-state index contributed by atoms with van der Waals surface area (Å²) in [6.45, 7) is 1.65. The molecule has 3 aromatic rings. The van der Waals surface area contributed by atoms with E-state index < -0.39 is 5.54 Å². The lowest BCUT2D eigenvalue weighted by Gasteiger charge is -2.39. The number of nitrogens with two attached hydrogens (primary N) is 1. The number of thiophene rings is 1. The van der Waals surface area contributed by atoms with Gasteiger partial charge < -0.3 is 15.7 Å². The zero-order chi connectivity index (χ0) is 19.1. The van der Waals surface area contributed by atoms with Gasteiger partial charge in [-0.1, -0.05) is 0 Å². The molecule has 0 atom stereocenters. The van der Waals surface area contributed by atoms with Gasteiger partial charge in [0, 0.05) is 41.5 Å². The maximum absolute atomic E-state index is 9.62. The van der Waals surface area contributed by atoms with E-state index in [2.05, 4.69) is 9.88 Å². The summed E-state index contributed by atoms with van der Waals surface area (Å²) in [6, 6.07) is 3.94. The summed E-state index contributed by atoms with van der Waals surface area (Å²) in [4.78, 5) is 19.1. The van der Waals surface area contributed by atoms with Crippen molar-refractivity contribution in [1.82, 2.24) is 15.0 Å². The highest BCUT2D eigenvalue weighted by molar-refractivity contribution is 7.19. The average Bonchev–Trinajstić information content (AvgIpc) is 3.13. The van der Waals surface area contributed by atoms with E-state index in [0.717, 1.165) is 60.8 Å². The van der Waals surface area contributed by atoms with Crippen LogP contribution in [0.2, 0.25) is 0 Å². The molecule has 0 bridgehead atoms. The normalized spacial score (nSPS) is 19.0.